The number of hydrogen-bond acceptors (Lipinski definition) is 3. The van der Waals surface area contributed by atoms with E-state index in [2.05, 4.69) is 10.6 Å². The molecule has 1 atom stereocenters. The monoisotopic (exact) mass is 290 g/mol. The fraction of sp³-hybridized carbons (Fsp3) is 0.500. The lowest BCUT2D eigenvalue weighted by molar-refractivity contribution is -0.116. The third-order valence-corrected chi connectivity index (χ3v) is 3.88. The van der Waals surface area contributed by atoms with Crippen molar-refractivity contribution < 1.29 is 14.7 Å². The number of aromatic carboxylic acids is 1. The first kappa shape index (κ1) is 15.5. The van der Waals surface area contributed by atoms with Crippen LogP contribution in [0.1, 0.15) is 48.0 Å². The largest absolute Gasteiger partial charge is 0.478 e. The molecule has 1 saturated heterocycles. The average molecular weight is 290 g/mol. The van der Waals surface area contributed by atoms with Crippen molar-refractivity contribution >= 4 is 17.6 Å². The topological polar surface area (TPSA) is 78.4 Å². The standard InChI is InChI=1S/C16H22N2O3/c1-11-5-6-13(10-14(11)16(20)21)18-15(19)8-7-12-4-2-3-9-17-12/h5-6,10,12,17H,2-4,7-9H2,1H3,(H,18,19)(H,20,21). The van der Waals surface area contributed by atoms with Crippen LogP contribution in [0.25, 0.3) is 0 Å². The highest BCUT2D eigenvalue weighted by atomic mass is 16.4. The fourth-order valence-corrected chi connectivity index (χ4v) is 2.63. The van der Waals surface area contributed by atoms with Crippen LogP contribution >= 0.6 is 0 Å². The Balaban J connectivity index is 1.87. The van der Waals surface area contributed by atoms with Crippen molar-refractivity contribution in [3.63, 3.8) is 0 Å². The molecule has 3 N–H and O–H groups in total. The zero-order valence-corrected chi connectivity index (χ0v) is 12.3. The molecule has 1 aromatic rings. The average Bonchev–Trinajstić information content (AvgIpc) is 2.48. The van der Waals surface area contributed by atoms with Crippen LogP contribution in [0.15, 0.2) is 18.2 Å². The van der Waals surface area contributed by atoms with Crippen molar-refractivity contribution in [1.82, 2.24) is 5.32 Å². The number of amides is 1. The summed E-state index contributed by atoms with van der Waals surface area (Å²) in [6, 6.07) is 5.38. The highest BCUT2D eigenvalue weighted by Gasteiger charge is 2.14. The zero-order valence-electron chi connectivity index (χ0n) is 12.3. The molecule has 1 amide bonds. The van der Waals surface area contributed by atoms with E-state index in [4.69, 9.17) is 5.11 Å². The predicted molar refractivity (Wildman–Crippen MR) is 81.6 cm³/mol. The lowest BCUT2D eigenvalue weighted by Crippen LogP contribution is -2.34. The van der Waals surface area contributed by atoms with Gasteiger partial charge in [0, 0.05) is 18.2 Å². The predicted octanol–water partition coefficient (Wildman–Crippen LogP) is 2.55. The molecule has 0 saturated carbocycles. The number of aryl methyl sites for hydroxylation is 1. The molecule has 0 aliphatic carbocycles. The molecule has 1 fully saturated rings. The Bertz CT molecular complexity index is 522. The molecule has 0 spiro atoms. The summed E-state index contributed by atoms with van der Waals surface area (Å²) >= 11 is 0. The van der Waals surface area contributed by atoms with Gasteiger partial charge < -0.3 is 15.7 Å². The van der Waals surface area contributed by atoms with Gasteiger partial charge >= 0.3 is 5.97 Å². The van der Waals surface area contributed by atoms with Crippen molar-refractivity contribution in [3.05, 3.63) is 29.3 Å². The third kappa shape index (κ3) is 4.56. The van der Waals surface area contributed by atoms with Crippen LogP contribution in [-0.2, 0) is 4.79 Å². The maximum absolute atomic E-state index is 11.9. The van der Waals surface area contributed by atoms with E-state index < -0.39 is 5.97 Å². The number of carboxylic acids is 1. The van der Waals surface area contributed by atoms with Crippen LogP contribution in [0, 0.1) is 6.92 Å². The second-order valence-electron chi connectivity index (χ2n) is 5.57. The third-order valence-electron chi connectivity index (χ3n) is 3.88. The van der Waals surface area contributed by atoms with Gasteiger partial charge in [0.15, 0.2) is 0 Å². The fourth-order valence-electron chi connectivity index (χ4n) is 2.63. The maximum Gasteiger partial charge on any atom is 0.336 e. The first-order valence-electron chi connectivity index (χ1n) is 7.43. The normalized spacial score (nSPS) is 18.2. The molecule has 0 aromatic heterocycles. The van der Waals surface area contributed by atoms with Crippen molar-refractivity contribution in [3.8, 4) is 0 Å². The molecule has 5 heteroatoms. The van der Waals surface area contributed by atoms with Gasteiger partial charge in [0.05, 0.1) is 5.56 Å². The summed E-state index contributed by atoms with van der Waals surface area (Å²) < 4.78 is 0. The molecule has 2 rings (SSSR count). The summed E-state index contributed by atoms with van der Waals surface area (Å²) in [4.78, 5) is 23.0. The van der Waals surface area contributed by atoms with Crippen LogP contribution in [-0.4, -0.2) is 29.6 Å². The SMILES string of the molecule is Cc1ccc(NC(=O)CCC2CCCCN2)cc1C(=O)O. The molecule has 1 aliphatic rings. The highest BCUT2D eigenvalue weighted by Crippen LogP contribution is 2.17. The maximum atomic E-state index is 11.9. The Morgan fingerprint density at radius 3 is 2.86 bits per heavy atom. The molecule has 1 aliphatic heterocycles. The van der Waals surface area contributed by atoms with Gasteiger partial charge in [-0.1, -0.05) is 12.5 Å². The molecule has 1 unspecified atom stereocenters. The van der Waals surface area contributed by atoms with Gasteiger partial charge in [-0.25, -0.2) is 4.79 Å². The van der Waals surface area contributed by atoms with Crippen molar-refractivity contribution in [2.75, 3.05) is 11.9 Å². The summed E-state index contributed by atoms with van der Waals surface area (Å²) in [5.41, 5.74) is 1.45. The van der Waals surface area contributed by atoms with E-state index in [1.165, 1.54) is 18.9 Å². The van der Waals surface area contributed by atoms with Crippen LogP contribution in [0.5, 0.6) is 0 Å². The number of hydrogen-bond donors (Lipinski definition) is 3. The summed E-state index contributed by atoms with van der Waals surface area (Å²) in [5.74, 6) is -1.04. The minimum Gasteiger partial charge on any atom is -0.478 e. The lowest BCUT2D eigenvalue weighted by Gasteiger charge is -2.23. The number of carbonyl (C=O) groups is 2. The molecule has 0 bridgehead atoms. The Kier molecular flexibility index (Phi) is 5.33. The van der Waals surface area contributed by atoms with Gasteiger partial charge in [-0.05, 0) is 50.4 Å². The summed E-state index contributed by atoms with van der Waals surface area (Å²) in [7, 11) is 0. The van der Waals surface area contributed by atoms with E-state index in [0.29, 0.717) is 23.7 Å². The Morgan fingerprint density at radius 2 is 2.19 bits per heavy atom. The molecule has 5 nitrogen and oxygen atoms in total. The smallest absolute Gasteiger partial charge is 0.336 e. The zero-order chi connectivity index (χ0) is 15.2. The van der Waals surface area contributed by atoms with E-state index in [1.807, 2.05) is 0 Å². The number of anilines is 1. The first-order chi connectivity index (χ1) is 10.1. The number of piperidine rings is 1. The van der Waals surface area contributed by atoms with Crippen molar-refractivity contribution in [2.45, 2.75) is 45.1 Å². The molecule has 1 aromatic carbocycles. The quantitative estimate of drug-likeness (QED) is 0.778. The number of nitrogens with one attached hydrogen (secondary N) is 2. The minimum absolute atomic E-state index is 0.0671. The summed E-state index contributed by atoms with van der Waals surface area (Å²) in [6.07, 6.45) is 4.83. The number of benzene rings is 1. The van der Waals surface area contributed by atoms with Crippen LogP contribution in [0.3, 0.4) is 0 Å². The summed E-state index contributed by atoms with van der Waals surface area (Å²) in [5, 5.41) is 15.3. The van der Waals surface area contributed by atoms with Crippen LogP contribution in [0.4, 0.5) is 5.69 Å². The number of rotatable bonds is 5. The molecule has 21 heavy (non-hydrogen) atoms. The Labute approximate surface area is 124 Å². The van der Waals surface area contributed by atoms with Crippen LogP contribution < -0.4 is 10.6 Å². The number of carbonyl (C=O) groups excluding carboxylic acids is 1. The van der Waals surface area contributed by atoms with Gasteiger partial charge in [0.1, 0.15) is 0 Å². The van der Waals surface area contributed by atoms with Gasteiger partial charge in [0.2, 0.25) is 5.91 Å². The molecule has 1 heterocycles. The van der Waals surface area contributed by atoms with E-state index in [9.17, 15) is 9.59 Å². The highest BCUT2D eigenvalue weighted by molar-refractivity contribution is 5.94. The van der Waals surface area contributed by atoms with Gasteiger partial charge in [0.25, 0.3) is 0 Å². The second-order valence-corrected chi connectivity index (χ2v) is 5.57. The molecule has 114 valence electrons. The molecular weight excluding hydrogens is 268 g/mol. The van der Waals surface area contributed by atoms with Crippen molar-refractivity contribution in [1.29, 1.82) is 0 Å². The lowest BCUT2D eigenvalue weighted by atomic mass is 10.0. The van der Waals surface area contributed by atoms with E-state index in [0.717, 1.165) is 19.4 Å². The molecule has 0 radical (unpaired) electrons. The Morgan fingerprint density at radius 1 is 1.38 bits per heavy atom. The van der Waals surface area contributed by atoms with Gasteiger partial charge in [-0.2, -0.15) is 0 Å². The van der Waals surface area contributed by atoms with Gasteiger partial charge in [-0.3, -0.25) is 4.79 Å². The number of carboxylic acid groups (broad SMARTS) is 1. The molecular formula is C16H22N2O3. The minimum atomic E-state index is -0.977. The van der Waals surface area contributed by atoms with E-state index >= 15 is 0 Å². The second kappa shape index (κ2) is 7.22. The summed E-state index contributed by atoms with van der Waals surface area (Å²) in [6.45, 7) is 2.77. The van der Waals surface area contributed by atoms with Crippen molar-refractivity contribution in [2.24, 2.45) is 0 Å². The van der Waals surface area contributed by atoms with E-state index in [1.54, 1.807) is 19.1 Å². The van der Waals surface area contributed by atoms with E-state index in [-0.39, 0.29) is 11.5 Å². The van der Waals surface area contributed by atoms with Crippen LogP contribution in [0.2, 0.25) is 0 Å². The first-order valence-corrected chi connectivity index (χ1v) is 7.43. The Hall–Kier alpha value is -1.88. The van der Waals surface area contributed by atoms with Gasteiger partial charge in [-0.15, -0.1) is 0 Å².